The number of amides is 1. The monoisotopic (exact) mass is 323 g/mol. The fourth-order valence-corrected chi connectivity index (χ4v) is 2.99. The Morgan fingerprint density at radius 3 is 3.12 bits per heavy atom. The van der Waals surface area contributed by atoms with Crippen molar-refractivity contribution >= 4 is 16.9 Å². The smallest absolute Gasteiger partial charge is 0.254 e. The van der Waals surface area contributed by atoms with E-state index in [0.717, 1.165) is 30.4 Å². The first-order chi connectivity index (χ1) is 11.8. The van der Waals surface area contributed by atoms with E-state index in [9.17, 15) is 4.79 Å². The van der Waals surface area contributed by atoms with Gasteiger partial charge in [-0.25, -0.2) is 15.0 Å². The van der Waals surface area contributed by atoms with Gasteiger partial charge in [-0.15, -0.1) is 0 Å². The molecule has 3 heterocycles. The summed E-state index contributed by atoms with van der Waals surface area (Å²) in [6, 6.07) is 7.25. The molecule has 0 bridgehead atoms. The fraction of sp³-hybridized carbons (Fsp3) is 0.294. The zero-order chi connectivity index (χ0) is 16.4. The Labute approximate surface area is 138 Å². The molecule has 0 saturated carbocycles. The van der Waals surface area contributed by atoms with Gasteiger partial charge in [-0.05, 0) is 31.0 Å². The highest BCUT2D eigenvalue weighted by Crippen LogP contribution is 2.19. The first-order valence-electron chi connectivity index (χ1n) is 7.95. The molecule has 1 amide bonds. The van der Waals surface area contributed by atoms with E-state index in [1.54, 1.807) is 18.6 Å². The van der Waals surface area contributed by atoms with Gasteiger partial charge in [-0.3, -0.25) is 4.79 Å². The Hall–Kier alpha value is -2.96. The minimum atomic E-state index is -0.0477. The number of rotatable bonds is 3. The summed E-state index contributed by atoms with van der Waals surface area (Å²) in [5.41, 5.74) is 2.39. The summed E-state index contributed by atoms with van der Waals surface area (Å²) in [7, 11) is 0. The van der Waals surface area contributed by atoms with Crippen molar-refractivity contribution in [2.24, 2.45) is 0 Å². The van der Waals surface area contributed by atoms with Crippen molar-refractivity contribution in [2.45, 2.75) is 18.9 Å². The number of carbonyl (C=O) groups is 1. The first kappa shape index (κ1) is 14.6. The number of H-pyrrole nitrogens is 1. The molecule has 1 N–H and O–H groups in total. The average molecular weight is 323 g/mol. The second kappa shape index (κ2) is 6.27. The van der Waals surface area contributed by atoms with Gasteiger partial charge in [0, 0.05) is 24.4 Å². The van der Waals surface area contributed by atoms with E-state index in [2.05, 4.69) is 19.9 Å². The predicted molar refractivity (Wildman–Crippen MR) is 87.7 cm³/mol. The molecule has 0 spiro atoms. The molecular formula is C17H17N5O2. The summed E-state index contributed by atoms with van der Waals surface area (Å²) < 4.78 is 5.87. The highest BCUT2D eigenvalue weighted by Gasteiger charge is 2.26. The van der Waals surface area contributed by atoms with Crippen molar-refractivity contribution in [1.82, 2.24) is 24.8 Å². The number of nitrogens with one attached hydrogen (secondary N) is 1. The largest absolute Gasteiger partial charge is 0.472 e. The van der Waals surface area contributed by atoms with Crippen LogP contribution in [-0.4, -0.2) is 49.9 Å². The molecule has 1 saturated heterocycles. The molecule has 2 aromatic heterocycles. The Morgan fingerprint density at radius 2 is 2.25 bits per heavy atom. The number of imidazole rings is 1. The van der Waals surface area contributed by atoms with Crippen LogP contribution in [0.3, 0.4) is 0 Å². The van der Waals surface area contributed by atoms with Gasteiger partial charge >= 0.3 is 0 Å². The molecule has 0 radical (unpaired) electrons. The maximum Gasteiger partial charge on any atom is 0.254 e. The number of ether oxygens (including phenoxy) is 1. The highest BCUT2D eigenvalue weighted by molar-refractivity contribution is 5.97. The number of aromatic amines is 1. The molecule has 1 fully saturated rings. The number of likely N-dealkylation sites (tertiary alicyclic amines) is 1. The van der Waals surface area contributed by atoms with Crippen molar-refractivity contribution < 1.29 is 9.53 Å². The first-order valence-corrected chi connectivity index (χ1v) is 7.95. The van der Waals surface area contributed by atoms with Crippen LogP contribution < -0.4 is 4.74 Å². The van der Waals surface area contributed by atoms with Crippen LogP contribution >= 0.6 is 0 Å². The van der Waals surface area contributed by atoms with Crippen molar-refractivity contribution in [2.75, 3.05) is 13.1 Å². The Bertz CT molecular complexity index is 848. The molecule has 1 atom stereocenters. The summed E-state index contributed by atoms with van der Waals surface area (Å²) in [4.78, 5) is 29.8. The Kier molecular flexibility index (Phi) is 3.82. The summed E-state index contributed by atoms with van der Waals surface area (Å²) in [5, 5.41) is 0. The van der Waals surface area contributed by atoms with Crippen LogP contribution in [0.2, 0.25) is 0 Å². The number of benzene rings is 1. The van der Waals surface area contributed by atoms with Crippen LogP contribution in [0, 0.1) is 0 Å². The third kappa shape index (κ3) is 2.92. The van der Waals surface area contributed by atoms with Crippen molar-refractivity contribution in [3.63, 3.8) is 0 Å². The molecule has 1 aromatic carbocycles. The van der Waals surface area contributed by atoms with Crippen molar-refractivity contribution in [1.29, 1.82) is 0 Å². The summed E-state index contributed by atoms with van der Waals surface area (Å²) in [6.07, 6.45) is 6.51. The van der Waals surface area contributed by atoms with E-state index in [4.69, 9.17) is 4.74 Å². The zero-order valence-corrected chi connectivity index (χ0v) is 13.1. The summed E-state index contributed by atoms with van der Waals surface area (Å²) in [6.45, 7) is 1.30. The lowest BCUT2D eigenvalue weighted by Crippen LogP contribution is -2.44. The van der Waals surface area contributed by atoms with Crippen LogP contribution in [0.5, 0.6) is 5.88 Å². The maximum atomic E-state index is 12.8. The van der Waals surface area contributed by atoms with E-state index in [0.29, 0.717) is 18.0 Å². The maximum absolute atomic E-state index is 12.8. The molecule has 4 rings (SSSR count). The van der Waals surface area contributed by atoms with Crippen LogP contribution in [-0.2, 0) is 0 Å². The van der Waals surface area contributed by atoms with Crippen molar-refractivity contribution in [3.8, 4) is 5.88 Å². The highest BCUT2D eigenvalue weighted by atomic mass is 16.5. The standard InChI is InChI=1S/C17H17N5O2/c23-17(12-3-4-14-15(8-12)20-11-19-14)22-7-1-2-13(9-22)24-16-5-6-18-10-21-16/h3-6,8,10-11,13H,1-2,7,9H2,(H,19,20). The van der Waals surface area contributed by atoms with Gasteiger partial charge < -0.3 is 14.6 Å². The minimum absolute atomic E-state index is 0.0162. The fourth-order valence-electron chi connectivity index (χ4n) is 2.99. The lowest BCUT2D eigenvalue weighted by atomic mass is 10.1. The number of hydrogen-bond donors (Lipinski definition) is 1. The second-order valence-electron chi connectivity index (χ2n) is 5.82. The normalized spacial score (nSPS) is 17.8. The molecule has 1 aliphatic rings. The van der Waals surface area contributed by atoms with Crippen LogP contribution in [0.1, 0.15) is 23.2 Å². The Morgan fingerprint density at radius 1 is 1.29 bits per heavy atom. The van der Waals surface area contributed by atoms with E-state index in [-0.39, 0.29) is 12.0 Å². The van der Waals surface area contributed by atoms with Crippen LogP contribution in [0.4, 0.5) is 0 Å². The molecule has 7 heteroatoms. The molecular weight excluding hydrogens is 306 g/mol. The lowest BCUT2D eigenvalue weighted by molar-refractivity contribution is 0.0527. The van der Waals surface area contributed by atoms with Gasteiger partial charge in [0.25, 0.3) is 5.91 Å². The van der Waals surface area contributed by atoms with Gasteiger partial charge in [0.05, 0.1) is 23.9 Å². The number of aromatic nitrogens is 4. The second-order valence-corrected chi connectivity index (χ2v) is 5.82. The quantitative estimate of drug-likeness (QED) is 0.797. The average Bonchev–Trinajstić information content (AvgIpc) is 3.10. The van der Waals surface area contributed by atoms with Crippen LogP contribution in [0.15, 0.2) is 43.1 Å². The van der Waals surface area contributed by atoms with Gasteiger partial charge in [0.1, 0.15) is 12.4 Å². The number of carbonyl (C=O) groups excluding carboxylic acids is 1. The van der Waals surface area contributed by atoms with Gasteiger partial charge in [0.15, 0.2) is 0 Å². The molecule has 3 aromatic rings. The SMILES string of the molecule is O=C(c1ccc2nc[nH]c2c1)N1CCCC(Oc2ccncn2)C1. The third-order valence-electron chi connectivity index (χ3n) is 4.17. The van der Waals surface area contributed by atoms with E-state index in [1.807, 2.05) is 23.1 Å². The number of piperidine rings is 1. The molecule has 122 valence electrons. The molecule has 24 heavy (non-hydrogen) atoms. The zero-order valence-electron chi connectivity index (χ0n) is 13.1. The minimum Gasteiger partial charge on any atom is -0.472 e. The van der Waals surface area contributed by atoms with Crippen LogP contribution in [0.25, 0.3) is 11.0 Å². The lowest BCUT2D eigenvalue weighted by Gasteiger charge is -2.32. The van der Waals surface area contributed by atoms with E-state index >= 15 is 0 Å². The summed E-state index contributed by atoms with van der Waals surface area (Å²) in [5.74, 6) is 0.561. The van der Waals surface area contributed by atoms with Gasteiger partial charge in [-0.2, -0.15) is 0 Å². The number of nitrogens with zero attached hydrogens (tertiary/aromatic N) is 4. The molecule has 1 aliphatic heterocycles. The number of hydrogen-bond acceptors (Lipinski definition) is 5. The topological polar surface area (TPSA) is 84.0 Å². The van der Waals surface area contributed by atoms with E-state index < -0.39 is 0 Å². The number of fused-ring (bicyclic) bond motifs is 1. The molecule has 1 unspecified atom stereocenters. The Balaban J connectivity index is 1.47. The van der Waals surface area contributed by atoms with Crippen molar-refractivity contribution in [3.05, 3.63) is 48.7 Å². The van der Waals surface area contributed by atoms with Gasteiger partial charge in [0.2, 0.25) is 5.88 Å². The molecule has 7 nitrogen and oxygen atoms in total. The van der Waals surface area contributed by atoms with E-state index in [1.165, 1.54) is 6.33 Å². The third-order valence-corrected chi connectivity index (χ3v) is 4.17. The van der Waals surface area contributed by atoms with Gasteiger partial charge in [-0.1, -0.05) is 0 Å². The predicted octanol–water partition coefficient (Wildman–Crippen LogP) is 2.04. The summed E-state index contributed by atoms with van der Waals surface area (Å²) >= 11 is 0. The molecule has 0 aliphatic carbocycles.